The zero-order chi connectivity index (χ0) is 12.0. The number of amides is 1. The zero-order valence-electron chi connectivity index (χ0n) is 9.24. The van der Waals surface area contributed by atoms with Gasteiger partial charge in [0.05, 0.1) is 19.1 Å². The van der Waals surface area contributed by atoms with E-state index in [4.69, 9.17) is 16.7 Å². The summed E-state index contributed by atoms with van der Waals surface area (Å²) in [5.41, 5.74) is 0.873. The van der Waals surface area contributed by atoms with Gasteiger partial charge < -0.3 is 10.4 Å². The number of aliphatic hydroxyl groups excluding tert-OH is 1. The SMILES string of the molecule is CC[C@@H](CO)NC(=O)Cc1cccc(Cl)c1. The van der Waals surface area contributed by atoms with Crippen molar-refractivity contribution in [2.24, 2.45) is 0 Å². The molecule has 0 radical (unpaired) electrons. The standard InChI is InChI=1S/C12H16ClNO2/c1-2-11(8-15)14-12(16)7-9-4-3-5-10(13)6-9/h3-6,11,15H,2,7-8H2,1H3,(H,14,16)/t11-/m0/s1. The molecule has 1 amide bonds. The molecule has 0 aromatic heterocycles. The zero-order valence-corrected chi connectivity index (χ0v) is 10.00. The van der Waals surface area contributed by atoms with Gasteiger partial charge >= 0.3 is 0 Å². The predicted molar refractivity (Wildman–Crippen MR) is 64.5 cm³/mol. The molecule has 0 saturated heterocycles. The monoisotopic (exact) mass is 241 g/mol. The number of carbonyl (C=O) groups excluding carboxylic acids is 1. The van der Waals surface area contributed by atoms with Crippen LogP contribution in [0.4, 0.5) is 0 Å². The van der Waals surface area contributed by atoms with Crippen molar-refractivity contribution < 1.29 is 9.90 Å². The second-order valence-corrected chi connectivity index (χ2v) is 4.10. The highest BCUT2D eigenvalue weighted by molar-refractivity contribution is 6.30. The van der Waals surface area contributed by atoms with Crippen LogP contribution in [0.2, 0.25) is 5.02 Å². The van der Waals surface area contributed by atoms with Crippen LogP contribution in [0.1, 0.15) is 18.9 Å². The van der Waals surface area contributed by atoms with Crippen molar-refractivity contribution >= 4 is 17.5 Å². The normalized spacial score (nSPS) is 12.2. The number of aliphatic hydroxyl groups is 1. The smallest absolute Gasteiger partial charge is 0.224 e. The van der Waals surface area contributed by atoms with Gasteiger partial charge in [-0.15, -0.1) is 0 Å². The first-order valence-electron chi connectivity index (χ1n) is 5.30. The Morgan fingerprint density at radius 1 is 1.56 bits per heavy atom. The molecule has 1 aromatic rings. The van der Waals surface area contributed by atoms with Crippen molar-refractivity contribution in [2.45, 2.75) is 25.8 Å². The summed E-state index contributed by atoms with van der Waals surface area (Å²) >= 11 is 5.82. The van der Waals surface area contributed by atoms with Gasteiger partial charge in [0.1, 0.15) is 0 Å². The van der Waals surface area contributed by atoms with Crippen LogP contribution in [0, 0.1) is 0 Å². The first-order chi connectivity index (χ1) is 7.65. The minimum Gasteiger partial charge on any atom is -0.394 e. The van der Waals surface area contributed by atoms with Crippen molar-refractivity contribution in [1.82, 2.24) is 5.32 Å². The number of hydrogen-bond donors (Lipinski definition) is 2. The highest BCUT2D eigenvalue weighted by Crippen LogP contribution is 2.11. The molecule has 16 heavy (non-hydrogen) atoms. The van der Waals surface area contributed by atoms with Crippen molar-refractivity contribution in [2.75, 3.05) is 6.61 Å². The van der Waals surface area contributed by atoms with E-state index < -0.39 is 0 Å². The Hall–Kier alpha value is -1.06. The van der Waals surface area contributed by atoms with E-state index in [1.807, 2.05) is 19.1 Å². The van der Waals surface area contributed by atoms with Crippen LogP contribution in [-0.2, 0) is 11.2 Å². The molecule has 2 N–H and O–H groups in total. The third kappa shape index (κ3) is 4.21. The maximum Gasteiger partial charge on any atom is 0.224 e. The minimum absolute atomic E-state index is 0.0300. The van der Waals surface area contributed by atoms with Gasteiger partial charge in [-0.05, 0) is 24.1 Å². The summed E-state index contributed by atoms with van der Waals surface area (Å²) in [6.07, 6.45) is 1.01. The molecule has 3 nitrogen and oxygen atoms in total. The molecule has 4 heteroatoms. The Kier molecular flexibility index (Phi) is 5.29. The summed E-state index contributed by atoms with van der Waals surface area (Å²) in [5.74, 6) is -0.0943. The third-order valence-corrected chi connectivity index (χ3v) is 2.57. The third-order valence-electron chi connectivity index (χ3n) is 2.33. The second kappa shape index (κ2) is 6.51. The van der Waals surface area contributed by atoms with Gasteiger partial charge in [-0.3, -0.25) is 4.79 Å². The summed E-state index contributed by atoms with van der Waals surface area (Å²) in [4.78, 5) is 11.6. The van der Waals surface area contributed by atoms with Gasteiger partial charge in [-0.25, -0.2) is 0 Å². The van der Waals surface area contributed by atoms with Gasteiger partial charge in [0.2, 0.25) is 5.91 Å². The maximum atomic E-state index is 11.6. The fourth-order valence-corrected chi connectivity index (χ4v) is 1.60. The van der Waals surface area contributed by atoms with E-state index in [-0.39, 0.29) is 25.0 Å². The number of rotatable bonds is 5. The molecular weight excluding hydrogens is 226 g/mol. The Morgan fingerprint density at radius 2 is 2.31 bits per heavy atom. The first-order valence-corrected chi connectivity index (χ1v) is 5.68. The van der Waals surface area contributed by atoms with Crippen LogP contribution < -0.4 is 5.32 Å². The summed E-state index contributed by atoms with van der Waals surface area (Å²) in [6.45, 7) is 1.89. The summed E-state index contributed by atoms with van der Waals surface area (Å²) in [6, 6.07) is 7.04. The maximum absolute atomic E-state index is 11.6. The molecule has 0 aliphatic rings. The lowest BCUT2D eigenvalue weighted by molar-refractivity contribution is -0.121. The van der Waals surface area contributed by atoms with E-state index in [0.717, 1.165) is 12.0 Å². The quantitative estimate of drug-likeness (QED) is 0.826. The van der Waals surface area contributed by atoms with E-state index in [2.05, 4.69) is 5.32 Å². The van der Waals surface area contributed by atoms with Gasteiger partial charge in [0.15, 0.2) is 0 Å². The van der Waals surface area contributed by atoms with E-state index >= 15 is 0 Å². The molecule has 0 fully saturated rings. The van der Waals surface area contributed by atoms with Crippen molar-refractivity contribution in [3.63, 3.8) is 0 Å². The minimum atomic E-state index is -0.160. The van der Waals surface area contributed by atoms with Crippen molar-refractivity contribution in [3.8, 4) is 0 Å². The fourth-order valence-electron chi connectivity index (χ4n) is 1.39. The average molecular weight is 242 g/mol. The van der Waals surface area contributed by atoms with Crippen LogP contribution in [-0.4, -0.2) is 23.7 Å². The fraction of sp³-hybridized carbons (Fsp3) is 0.417. The highest BCUT2D eigenvalue weighted by atomic mass is 35.5. The van der Waals surface area contributed by atoms with Gasteiger partial charge in [-0.2, -0.15) is 0 Å². The molecular formula is C12H16ClNO2. The number of carbonyl (C=O) groups is 1. The van der Waals surface area contributed by atoms with E-state index in [0.29, 0.717) is 5.02 Å². The second-order valence-electron chi connectivity index (χ2n) is 3.66. The summed E-state index contributed by atoms with van der Waals surface area (Å²) in [7, 11) is 0. The largest absolute Gasteiger partial charge is 0.394 e. The molecule has 0 bridgehead atoms. The van der Waals surface area contributed by atoms with Crippen LogP contribution >= 0.6 is 11.6 Å². The lowest BCUT2D eigenvalue weighted by atomic mass is 10.1. The number of nitrogens with one attached hydrogen (secondary N) is 1. The number of benzene rings is 1. The summed E-state index contributed by atoms with van der Waals surface area (Å²) < 4.78 is 0. The molecule has 1 rings (SSSR count). The Morgan fingerprint density at radius 3 is 2.88 bits per heavy atom. The molecule has 0 aliphatic carbocycles. The lowest BCUT2D eigenvalue weighted by Crippen LogP contribution is -2.37. The highest BCUT2D eigenvalue weighted by Gasteiger charge is 2.09. The number of hydrogen-bond acceptors (Lipinski definition) is 2. The van der Waals surface area contributed by atoms with E-state index in [1.54, 1.807) is 12.1 Å². The van der Waals surface area contributed by atoms with Gasteiger partial charge in [0.25, 0.3) is 0 Å². The predicted octanol–water partition coefficient (Wildman–Crippen LogP) is 1.77. The van der Waals surface area contributed by atoms with Crippen molar-refractivity contribution in [1.29, 1.82) is 0 Å². The molecule has 0 saturated carbocycles. The molecule has 0 aliphatic heterocycles. The lowest BCUT2D eigenvalue weighted by Gasteiger charge is -2.13. The number of halogens is 1. The Bertz CT molecular complexity index is 351. The molecule has 88 valence electrons. The van der Waals surface area contributed by atoms with Gasteiger partial charge in [-0.1, -0.05) is 30.7 Å². The van der Waals surface area contributed by atoms with E-state index in [9.17, 15) is 4.79 Å². The molecule has 0 spiro atoms. The Balaban J connectivity index is 2.51. The van der Waals surface area contributed by atoms with Gasteiger partial charge in [0, 0.05) is 5.02 Å². The molecule has 1 atom stereocenters. The molecule has 0 unspecified atom stereocenters. The molecule has 1 aromatic carbocycles. The Labute approximate surface area is 100 Å². The van der Waals surface area contributed by atoms with Crippen LogP contribution in [0.3, 0.4) is 0 Å². The average Bonchev–Trinajstić information content (AvgIpc) is 2.26. The first kappa shape index (κ1) is 13.0. The molecule has 0 heterocycles. The summed E-state index contributed by atoms with van der Waals surface area (Å²) in [5, 5.41) is 12.3. The van der Waals surface area contributed by atoms with Crippen LogP contribution in [0.25, 0.3) is 0 Å². The van der Waals surface area contributed by atoms with E-state index in [1.165, 1.54) is 0 Å². The van der Waals surface area contributed by atoms with Crippen molar-refractivity contribution in [3.05, 3.63) is 34.9 Å². The van der Waals surface area contributed by atoms with Crippen LogP contribution in [0.15, 0.2) is 24.3 Å². The topological polar surface area (TPSA) is 49.3 Å². The van der Waals surface area contributed by atoms with Crippen LogP contribution in [0.5, 0.6) is 0 Å².